The Morgan fingerprint density at radius 2 is 1.05 bits per heavy atom. The van der Waals surface area contributed by atoms with Crippen LogP contribution in [0.15, 0.2) is 133 Å². The van der Waals surface area contributed by atoms with Gasteiger partial charge in [-0.2, -0.15) is 0 Å². The Bertz CT molecular complexity index is 1570. The molecule has 0 bridgehead atoms. The molecule has 0 aromatic heterocycles. The smallest absolute Gasteiger partial charge is 0.408 e. The predicted octanol–water partition coefficient (Wildman–Crippen LogP) is 12.4. The highest BCUT2D eigenvalue weighted by molar-refractivity contribution is 5.89. The Balaban J connectivity index is 1.60. The maximum Gasteiger partial charge on any atom is 0.408 e. The molecule has 2 atom stereocenters. The SMILES string of the molecule is CCCCCCCCCCCCC/C=C/[C@@H](OC(=O)c1ccccc1)[C@H](COC(c1ccccc1)(c1ccccc1)c1ccccc1)NC(=O)OC(C)(C)C. The van der Waals surface area contributed by atoms with Gasteiger partial charge in [-0.25, -0.2) is 9.59 Å². The lowest BCUT2D eigenvalue weighted by atomic mass is 9.80. The minimum absolute atomic E-state index is 0.00650. The minimum atomic E-state index is -1.05. The van der Waals surface area contributed by atoms with Crippen LogP contribution in [-0.2, 0) is 19.8 Å². The van der Waals surface area contributed by atoms with Crippen molar-refractivity contribution >= 4 is 12.1 Å². The summed E-state index contributed by atoms with van der Waals surface area (Å²) in [5.74, 6) is -0.485. The molecule has 0 aliphatic heterocycles. The Kier molecular flexibility index (Phi) is 18.2. The first-order valence-electron chi connectivity index (χ1n) is 20.5. The molecular weight excluding hydrogens is 683 g/mol. The molecule has 0 fully saturated rings. The van der Waals surface area contributed by atoms with Crippen LogP contribution in [-0.4, -0.2) is 36.4 Å². The summed E-state index contributed by atoms with van der Waals surface area (Å²) < 4.78 is 19.2. The van der Waals surface area contributed by atoms with Crippen molar-refractivity contribution in [1.29, 1.82) is 0 Å². The zero-order chi connectivity index (χ0) is 39.2. The summed E-state index contributed by atoms with van der Waals surface area (Å²) in [6, 6.07) is 38.4. The van der Waals surface area contributed by atoms with Gasteiger partial charge in [0.25, 0.3) is 0 Å². The van der Waals surface area contributed by atoms with Crippen molar-refractivity contribution in [2.24, 2.45) is 0 Å². The van der Waals surface area contributed by atoms with Gasteiger partial charge < -0.3 is 19.5 Å². The van der Waals surface area contributed by atoms with Crippen LogP contribution in [0.4, 0.5) is 4.79 Å². The third-order valence-corrected chi connectivity index (χ3v) is 9.67. The first-order chi connectivity index (χ1) is 26.7. The summed E-state index contributed by atoms with van der Waals surface area (Å²) >= 11 is 0. The van der Waals surface area contributed by atoms with Gasteiger partial charge >= 0.3 is 12.1 Å². The second-order valence-corrected chi connectivity index (χ2v) is 15.3. The average molecular weight is 746 g/mol. The van der Waals surface area contributed by atoms with Crippen LogP contribution < -0.4 is 5.32 Å². The Morgan fingerprint density at radius 3 is 1.51 bits per heavy atom. The molecule has 1 N–H and O–H groups in total. The van der Waals surface area contributed by atoms with Crippen molar-refractivity contribution in [2.45, 2.75) is 128 Å². The summed E-state index contributed by atoms with van der Waals surface area (Å²) in [5, 5.41) is 3.04. The van der Waals surface area contributed by atoms with E-state index in [1.807, 2.05) is 87.5 Å². The number of carbonyl (C=O) groups excluding carboxylic acids is 2. The molecule has 4 rings (SSSR count). The van der Waals surface area contributed by atoms with Gasteiger partial charge in [0, 0.05) is 0 Å². The minimum Gasteiger partial charge on any atom is -0.452 e. The molecule has 4 aromatic carbocycles. The maximum absolute atomic E-state index is 13.6. The normalized spacial score (nSPS) is 12.9. The van der Waals surface area contributed by atoms with Crippen molar-refractivity contribution in [3.63, 3.8) is 0 Å². The number of allylic oxidation sites excluding steroid dienone is 1. The molecule has 4 aromatic rings. The monoisotopic (exact) mass is 745 g/mol. The number of carbonyl (C=O) groups is 2. The fourth-order valence-corrected chi connectivity index (χ4v) is 6.84. The quantitative estimate of drug-likeness (QED) is 0.0354. The molecule has 294 valence electrons. The van der Waals surface area contributed by atoms with Gasteiger partial charge in [0.1, 0.15) is 17.3 Å². The number of hydrogen-bond acceptors (Lipinski definition) is 5. The first-order valence-corrected chi connectivity index (χ1v) is 20.5. The summed E-state index contributed by atoms with van der Waals surface area (Å²) in [6.07, 6.45) is 17.3. The van der Waals surface area contributed by atoms with Crippen LogP contribution in [0.2, 0.25) is 0 Å². The van der Waals surface area contributed by atoms with E-state index >= 15 is 0 Å². The molecular formula is C49H63NO5. The third-order valence-electron chi connectivity index (χ3n) is 9.67. The van der Waals surface area contributed by atoms with Crippen LogP contribution >= 0.6 is 0 Å². The molecule has 0 saturated heterocycles. The summed E-state index contributed by atoms with van der Waals surface area (Å²) in [5.41, 5.74) is 1.41. The number of benzene rings is 4. The second-order valence-electron chi connectivity index (χ2n) is 15.3. The van der Waals surface area contributed by atoms with Gasteiger partial charge in [-0.3, -0.25) is 0 Å². The molecule has 0 aliphatic rings. The van der Waals surface area contributed by atoms with Crippen LogP contribution in [0, 0.1) is 0 Å². The number of hydrogen-bond donors (Lipinski definition) is 1. The topological polar surface area (TPSA) is 73.9 Å². The van der Waals surface area contributed by atoms with Crippen LogP contribution in [0.1, 0.15) is 132 Å². The van der Waals surface area contributed by atoms with Gasteiger partial charge in [0.05, 0.1) is 18.2 Å². The zero-order valence-electron chi connectivity index (χ0n) is 33.6. The van der Waals surface area contributed by atoms with Gasteiger partial charge in [-0.05, 0) is 68.5 Å². The number of alkyl carbamates (subject to hydrolysis) is 1. The fourth-order valence-electron chi connectivity index (χ4n) is 6.84. The van der Waals surface area contributed by atoms with E-state index in [0.717, 1.165) is 36.0 Å². The molecule has 1 amide bonds. The van der Waals surface area contributed by atoms with E-state index < -0.39 is 35.4 Å². The largest absolute Gasteiger partial charge is 0.452 e. The number of amides is 1. The number of nitrogens with one attached hydrogen (secondary N) is 1. The Hall–Kier alpha value is -4.68. The molecule has 6 heteroatoms. The van der Waals surface area contributed by atoms with E-state index in [1.54, 1.807) is 24.3 Å². The van der Waals surface area contributed by atoms with E-state index in [1.165, 1.54) is 57.8 Å². The van der Waals surface area contributed by atoms with Gasteiger partial charge in [-0.1, -0.05) is 186 Å². The van der Waals surface area contributed by atoms with Gasteiger partial charge in [0.15, 0.2) is 0 Å². The lowest BCUT2D eigenvalue weighted by Gasteiger charge is -2.38. The van der Waals surface area contributed by atoms with Crippen molar-refractivity contribution < 1.29 is 23.8 Å². The maximum atomic E-state index is 13.6. The highest BCUT2D eigenvalue weighted by atomic mass is 16.6. The van der Waals surface area contributed by atoms with E-state index in [9.17, 15) is 9.59 Å². The zero-order valence-corrected chi connectivity index (χ0v) is 33.6. The van der Waals surface area contributed by atoms with Crippen molar-refractivity contribution in [3.8, 4) is 0 Å². The Morgan fingerprint density at radius 1 is 0.618 bits per heavy atom. The van der Waals surface area contributed by atoms with Gasteiger partial charge in [0.2, 0.25) is 0 Å². The summed E-state index contributed by atoms with van der Waals surface area (Å²) in [6.45, 7) is 7.72. The number of ether oxygens (including phenoxy) is 3. The van der Waals surface area contributed by atoms with Crippen LogP contribution in [0.5, 0.6) is 0 Å². The highest BCUT2D eigenvalue weighted by Crippen LogP contribution is 2.40. The van der Waals surface area contributed by atoms with E-state index in [-0.39, 0.29) is 6.61 Å². The number of rotatable bonds is 23. The number of esters is 1. The van der Waals surface area contributed by atoms with Crippen LogP contribution in [0.3, 0.4) is 0 Å². The summed E-state index contributed by atoms with van der Waals surface area (Å²) in [7, 11) is 0. The van der Waals surface area contributed by atoms with Crippen molar-refractivity contribution in [1.82, 2.24) is 5.32 Å². The van der Waals surface area contributed by atoms with E-state index in [0.29, 0.717) is 5.56 Å². The standard InChI is InChI=1S/C49H63NO5/c1-5-6-7-8-9-10-11-12-13-14-15-16-29-38-45(54-46(51)40-30-21-17-22-31-40)44(50-47(52)55-48(2,3)4)39-53-49(41-32-23-18-24-33-41,42-34-25-19-26-35-42)43-36-27-20-28-37-43/h17-38,44-45H,5-16,39H2,1-4H3,(H,50,52)/b38-29+/t44-,45+/m0/s1. The van der Waals surface area contributed by atoms with Gasteiger partial charge in [-0.15, -0.1) is 0 Å². The Labute approximate surface area is 330 Å². The van der Waals surface area contributed by atoms with E-state index in [4.69, 9.17) is 14.2 Å². The lowest BCUT2D eigenvalue weighted by Crippen LogP contribution is -2.50. The number of unbranched alkanes of at least 4 members (excludes halogenated alkanes) is 11. The first kappa shape index (κ1) is 43.1. The predicted molar refractivity (Wildman–Crippen MR) is 224 cm³/mol. The highest BCUT2D eigenvalue weighted by Gasteiger charge is 2.40. The fraction of sp³-hybridized carbons (Fsp3) is 0.429. The molecule has 0 heterocycles. The molecule has 0 saturated carbocycles. The molecule has 0 unspecified atom stereocenters. The molecule has 6 nitrogen and oxygen atoms in total. The average Bonchev–Trinajstić information content (AvgIpc) is 3.20. The molecule has 0 radical (unpaired) electrons. The van der Waals surface area contributed by atoms with E-state index in [2.05, 4.69) is 54.7 Å². The van der Waals surface area contributed by atoms with Crippen molar-refractivity contribution in [3.05, 3.63) is 156 Å². The molecule has 0 aliphatic carbocycles. The molecule has 55 heavy (non-hydrogen) atoms. The lowest BCUT2D eigenvalue weighted by molar-refractivity contribution is -0.0275. The third kappa shape index (κ3) is 14.5. The van der Waals surface area contributed by atoms with Crippen LogP contribution in [0.25, 0.3) is 0 Å². The molecule has 0 spiro atoms. The second kappa shape index (κ2) is 23.3. The summed E-state index contributed by atoms with van der Waals surface area (Å²) in [4.78, 5) is 27.1. The van der Waals surface area contributed by atoms with Crippen molar-refractivity contribution in [2.75, 3.05) is 6.61 Å².